The van der Waals surface area contributed by atoms with Crippen LogP contribution >= 0.6 is 0 Å². The van der Waals surface area contributed by atoms with Crippen LogP contribution in [0.1, 0.15) is 19.8 Å². The van der Waals surface area contributed by atoms with Gasteiger partial charge in [0.1, 0.15) is 11.8 Å². The molecule has 0 aromatic heterocycles. The zero-order valence-corrected chi connectivity index (χ0v) is 14.8. The number of hydrogen-bond acceptors (Lipinski definition) is 5. The summed E-state index contributed by atoms with van der Waals surface area (Å²) < 4.78 is 56.0. The van der Waals surface area contributed by atoms with E-state index in [0.717, 1.165) is 0 Å². The Labute approximate surface area is 149 Å². The van der Waals surface area contributed by atoms with Gasteiger partial charge in [0.25, 0.3) is 0 Å². The molecular weight excluding hydrogens is 374 g/mol. The minimum absolute atomic E-state index is 0.0394. The zero-order chi connectivity index (χ0) is 19.7. The van der Waals surface area contributed by atoms with Gasteiger partial charge in [0.05, 0.1) is 11.5 Å². The molecule has 0 radical (unpaired) electrons. The van der Waals surface area contributed by atoms with Crippen molar-refractivity contribution >= 4 is 21.9 Å². The van der Waals surface area contributed by atoms with Crippen molar-refractivity contribution in [2.45, 2.75) is 37.1 Å². The Morgan fingerprint density at radius 1 is 1.23 bits per heavy atom. The first-order chi connectivity index (χ1) is 12.2. The van der Waals surface area contributed by atoms with Crippen molar-refractivity contribution in [1.82, 2.24) is 10.0 Å². The van der Waals surface area contributed by atoms with Crippen LogP contribution in [-0.2, 0) is 19.6 Å². The highest BCUT2D eigenvalue weighted by Crippen LogP contribution is 2.15. The fourth-order valence-corrected chi connectivity index (χ4v) is 2.96. The fourth-order valence-electron chi connectivity index (χ4n) is 1.93. The summed E-state index contributed by atoms with van der Waals surface area (Å²) in [6, 6.07) is 3.89. The second-order valence-corrected chi connectivity index (χ2v) is 6.90. The minimum atomic E-state index is -3.87. The number of carbonyl (C=O) groups excluding carboxylic acids is 1. The lowest BCUT2D eigenvalue weighted by Gasteiger charge is -2.14. The zero-order valence-electron chi connectivity index (χ0n) is 13.9. The molecular formula is C15H20F2N2O6S. The molecule has 3 N–H and O–H groups in total. The van der Waals surface area contributed by atoms with Crippen molar-refractivity contribution in [3.8, 4) is 5.75 Å². The van der Waals surface area contributed by atoms with Gasteiger partial charge in [-0.05, 0) is 31.2 Å². The third kappa shape index (κ3) is 7.31. The van der Waals surface area contributed by atoms with Crippen molar-refractivity contribution in [1.29, 1.82) is 0 Å². The first-order valence-electron chi connectivity index (χ1n) is 7.68. The van der Waals surface area contributed by atoms with Crippen LogP contribution < -0.4 is 14.8 Å². The Kier molecular flexibility index (Phi) is 8.39. The molecule has 1 unspecified atom stereocenters. The minimum Gasteiger partial charge on any atom is -0.494 e. The van der Waals surface area contributed by atoms with E-state index in [2.05, 4.69) is 4.72 Å². The van der Waals surface area contributed by atoms with Crippen molar-refractivity contribution in [3.63, 3.8) is 0 Å². The molecule has 11 heteroatoms. The number of alkyl halides is 2. The SMILES string of the molecule is CCOc1ccc(S(=O)(=O)NCCC(=O)NC(CC(F)F)C(=O)O)cc1. The lowest BCUT2D eigenvalue weighted by Crippen LogP contribution is -2.43. The van der Waals surface area contributed by atoms with E-state index in [-0.39, 0.29) is 11.4 Å². The summed E-state index contributed by atoms with van der Waals surface area (Å²) in [5, 5.41) is 10.7. The summed E-state index contributed by atoms with van der Waals surface area (Å²) >= 11 is 0. The number of halogens is 2. The van der Waals surface area contributed by atoms with Gasteiger partial charge in [0, 0.05) is 19.4 Å². The molecule has 8 nitrogen and oxygen atoms in total. The van der Waals surface area contributed by atoms with Gasteiger partial charge in [0.2, 0.25) is 22.4 Å². The topological polar surface area (TPSA) is 122 Å². The number of carboxylic acid groups (broad SMARTS) is 1. The maximum Gasteiger partial charge on any atom is 0.326 e. The molecule has 1 aromatic rings. The summed E-state index contributed by atoms with van der Waals surface area (Å²) in [7, 11) is -3.87. The maximum absolute atomic E-state index is 12.3. The Bertz CT molecular complexity index is 709. The van der Waals surface area contributed by atoms with Gasteiger partial charge in [0.15, 0.2) is 0 Å². The summed E-state index contributed by atoms with van der Waals surface area (Å²) in [4.78, 5) is 22.4. The van der Waals surface area contributed by atoms with Crippen LogP contribution in [0.15, 0.2) is 29.2 Å². The monoisotopic (exact) mass is 394 g/mol. The Hall–Kier alpha value is -2.27. The molecule has 1 rings (SSSR count). The number of aliphatic carboxylic acids is 1. The van der Waals surface area contributed by atoms with E-state index < -0.39 is 47.2 Å². The van der Waals surface area contributed by atoms with Gasteiger partial charge in [-0.1, -0.05) is 0 Å². The van der Waals surface area contributed by atoms with Gasteiger partial charge < -0.3 is 15.2 Å². The lowest BCUT2D eigenvalue weighted by atomic mass is 10.2. The fraction of sp³-hybridized carbons (Fsp3) is 0.467. The van der Waals surface area contributed by atoms with E-state index in [0.29, 0.717) is 12.4 Å². The van der Waals surface area contributed by atoms with Crippen LogP contribution in [0, 0.1) is 0 Å². The van der Waals surface area contributed by atoms with Gasteiger partial charge in [-0.15, -0.1) is 0 Å². The predicted octanol–water partition coefficient (Wildman–Crippen LogP) is 0.978. The number of nitrogens with one attached hydrogen (secondary N) is 2. The predicted molar refractivity (Wildman–Crippen MR) is 87.6 cm³/mol. The van der Waals surface area contributed by atoms with Crippen molar-refractivity contribution in [3.05, 3.63) is 24.3 Å². The van der Waals surface area contributed by atoms with Gasteiger partial charge in [-0.3, -0.25) is 4.79 Å². The Balaban J connectivity index is 2.54. The number of rotatable bonds is 11. The summed E-state index contributed by atoms with van der Waals surface area (Å²) in [5.74, 6) is -1.94. The third-order valence-electron chi connectivity index (χ3n) is 3.14. The quantitative estimate of drug-likeness (QED) is 0.514. The van der Waals surface area contributed by atoms with E-state index >= 15 is 0 Å². The Morgan fingerprint density at radius 3 is 2.35 bits per heavy atom. The second kappa shape index (κ2) is 10.0. The molecule has 0 bridgehead atoms. The lowest BCUT2D eigenvalue weighted by molar-refractivity contribution is -0.143. The first-order valence-corrected chi connectivity index (χ1v) is 9.17. The average molecular weight is 394 g/mol. The number of amides is 1. The number of sulfonamides is 1. The van der Waals surface area contributed by atoms with Crippen LogP contribution in [0.5, 0.6) is 5.75 Å². The molecule has 1 amide bonds. The third-order valence-corrected chi connectivity index (χ3v) is 4.61. The molecule has 0 saturated heterocycles. The number of benzene rings is 1. The van der Waals surface area contributed by atoms with Crippen LogP contribution in [0.25, 0.3) is 0 Å². The summed E-state index contributed by atoms with van der Waals surface area (Å²) in [6.45, 7) is 1.90. The molecule has 0 fully saturated rings. The number of carbonyl (C=O) groups is 2. The molecule has 0 spiro atoms. The molecule has 146 valence electrons. The van der Waals surface area contributed by atoms with Crippen LogP contribution in [0.2, 0.25) is 0 Å². The molecule has 1 atom stereocenters. The van der Waals surface area contributed by atoms with Gasteiger partial charge >= 0.3 is 5.97 Å². The molecule has 0 aliphatic heterocycles. The summed E-state index contributed by atoms with van der Waals surface area (Å²) in [5.41, 5.74) is 0. The highest BCUT2D eigenvalue weighted by Gasteiger charge is 2.24. The number of hydrogen-bond donors (Lipinski definition) is 3. The van der Waals surface area contributed by atoms with Crippen molar-refractivity contribution in [2.24, 2.45) is 0 Å². The first kappa shape index (κ1) is 21.8. The van der Waals surface area contributed by atoms with Gasteiger partial charge in [-0.2, -0.15) is 0 Å². The van der Waals surface area contributed by atoms with E-state index in [9.17, 15) is 26.8 Å². The second-order valence-electron chi connectivity index (χ2n) is 5.14. The molecule has 0 aliphatic rings. The smallest absolute Gasteiger partial charge is 0.326 e. The highest BCUT2D eigenvalue weighted by atomic mass is 32.2. The Morgan fingerprint density at radius 2 is 1.85 bits per heavy atom. The number of carboxylic acids is 1. The molecule has 0 heterocycles. The van der Waals surface area contributed by atoms with E-state index in [1.807, 2.05) is 5.32 Å². The normalized spacial score (nSPS) is 12.6. The van der Waals surface area contributed by atoms with Crippen LogP contribution in [0.4, 0.5) is 8.78 Å². The maximum atomic E-state index is 12.3. The van der Waals surface area contributed by atoms with Gasteiger partial charge in [-0.25, -0.2) is 26.7 Å². The average Bonchev–Trinajstić information content (AvgIpc) is 2.54. The van der Waals surface area contributed by atoms with Crippen molar-refractivity contribution in [2.75, 3.05) is 13.2 Å². The molecule has 26 heavy (non-hydrogen) atoms. The van der Waals surface area contributed by atoms with Crippen molar-refractivity contribution < 1.29 is 36.6 Å². The molecule has 0 aliphatic carbocycles. The van der Waals surface area contributed by atoms with E-state index in [1.165, 1.54) is 24.3 Å². The highest BCUT2D eigenvalue weighted by molar-refractivity contribution is 7.89. The standard InChI is InChI=1S/C15H20F2N2O6S/c1-2-25-10-3-5-11(6-4-10)26(23,24)18-8-7-14(20)19-12(15(21)22)9-13(16)17/h3-6,12-13,18H,2,7-9H2,1H3,(H,19,20)(H,21,22). The summed E-state index contributed by atoms with van der Waals surface area (Å²) in [6.07, 6.45) is -4.32. The van der Waals surface area contributed by atoms with E-state index in [1.54, 1.807) is 6.92 Å². The van der Waals surface area contributed by atoms with Crippen LogP contribution in [-0.4, -0.2) is 51.0 Å². The van der Waals surface area contributed by atoms with Crippen LogP contribution in [0.3, 0.4) is 0 Å². The molecule has 0 saturated carbocycles. The van der Waals surface area contributed by atoms with E-state index in [4.69, 9.17) is 9.84 Å². The largest absolute Gasteiger partial charge is 0.494 e. The molecule has 1 aromatic carbocycles. The number of ether oxygens (including phenoxy) is 1.